The Morgan fingerprint density at radius 2 is 2.25 bits per heavy atom. The topological polar surface area (TPSA) is 38.8 Å². The van der Waals surface area contributed by atoms with E-state index in [-0.39, 0.29) is 5.91 Å². The molecule has 0 spiro atoms. The van der Waals surface area contributed by atoms with E-state index >= 15 is 0 Å². The highest BCUT2D eigenvalue weighted by atomic mass is 32.1. The van der Waals surface area contributed by atoms with Crippen LogP contribution >= 0.6 is 11.3 Å². The lowest BCUT2D eigenvalue weighted by atomic mass is 10.1. The van der Waals surface area contributed by atoms with Gasteiger partial charge in [-0.15, -0.1) is 0 Å². The number of nitrogens with zero attached hydrogens (tertiary/aromatic N) is 1. The molecule has 2 aliphatic heterocycles. The number of thiophene rings is 1. The average Bonchev–Trinajstić information content (AvgIpc) is 3.18. The standard InChI is InChI=1S/C15H21NO3S/c17-15(13-4-8-20-11-13)16-5-1-14(2-6-16)19-10-12-3-7-18-9-12/h4,8,11-12,14H,1-3,5-7,9-10H2. The van der Waals surface area contributed by atoms with Crippen LogP contribution < -0.4 is 0 Å². The maximum Gasteiger partial charge on any atom is 0.254 e. The Kier molecular flexibility index (Phi) is 4.70. The second-order valence-electron chi connectivity index (χ2n) is 5.57. The van der Waals surface area contributed by atoms with E-state index in [2.05, 4.69) is 0 Å². The van der Waals surface area contributed by atoms with E-state index in [1.807, 2.05) is 21.7 Å². The first kappa shape index (κ1) is 14.0. The average molecular weight is 295 g/mol. The fraction of sp³-hybridized carbons (Fsp3) is 0.667. The fourth-order valence-corrected chi connectivity index (χ4v) is 3.41. The quantitative estimate of drug-likeness (QED) is 0.856. The fourth-order valence-electron chi connectivity index (χ4n) is 2.78. The number of carbonyl (C=O) groups is 1. The molecule has 0 saturated carbocycles. The maximum absolute atomic E-state index is 12.2. The summed E-state index contributed by atoms with van der Waals surface area (Å²) >= 11 is 1.57. The molecule has 1 unspecified atom stereocenters. The summed E-state index contributed by atoms with van der Waals surface area (Å²) in [5.74, 6) is 0.731. The van der Waals surface area contributed by atoms with E-state index in [9.17, 15) is 4.79 Å². The summed E-state index contributed by atoms with van der Waals surface area (Å²) in [6.07, 6.45) is 3.32. The van der Waals surface area contributed by atoms with Crippen LogP contribution in [0.5, 0.6) is 0 Å². The summed E-state index contributed by atoms with van der Waals surface area (Å²) < 4.78 is 11.3. The normalized spacial score (nSPS) is 24.2. The number of hydrogen-bond acceptors (Lipinski definition) is 4. The summed E-state index contributed by atoms with van der Waals surface area (Å²) in [5.41, 5.74) is 0.817. The molecular weight excluding hydrogens is 274 g/mol. The zero-order chi connectivity index (χ0) is 13.8. The third kappa shape index (κ3) is 3.40. The molecule has 1 amide bonds. The van der Waals surface area contributed by atoms with Crippen molar-refractivity contribution >= 4 is 17.2 Å². The van der Waals surface area contributed by atoms with Gasteiger partial charge in [-0.2, -0.15) is 11.3 Å². The Morgan fingerprint density at radius 1 is 1.40 bits per heavy atom. The Hall–Kier alpha value is -0.910. The van der Waals surface area contributed by atoms with Crippen LogP contribution in [0.15, 0.2) is 16.8 Å². The number of likely N-dealkylation sites (tertiary alicyclic amines) is 1. The number of hydrogen-bond donors (Lipinski definition) is 0. The zero-order valence-corrected chi connectivity index (χ0v) is 12.4. The van der Waals surface area contributed by atoms with E-state index < -0.39 is 0 Å². The van der Waals surface area contributed by atoms with Gasteiger partial charge in [0.05, 0.1) is 24.9 Å². The van der Waals surface area contributed by atoms with Gasteiger partial charge in [0, 0.05) is 31.0 Å². The number of ether oxygens (including phenoxy) is 2. The van der Waals surface area contributed by atoms with Gasteiger partial charge in [0.2, 0.25) is 0 Å². The molecule has 3 rings (SSSR count). The SMILES string of the molecule is O=C(c1ccsc1)N1CCC(OCC2CCOC2)CC1. The third-order valence-electron chi connectivity index (χ3n) is 4.09. The summed E-state index contributed by atoms with van der Waals surface area (Å²) in [6.45, 7) is 4.14. The molecule has 1 aromatic heterocycles. The highest BCUT2D eigenvalue weighted by Gasteiger charge is 2.25. The van der Waals surface area contributed by atoms with E-state index in [1.165, 1.54) is 0 Å². The number of piperidine rings is 1. The molecule has 0 aromatic carbocycles. The van der Waals surface area contributed by atoms with Gasteiger partial charge in [0.25, 0.3) is 5.91 Å². The lowest BCUT2D eigenvalue weighted by Crippen LogP contribution is -2.41. The number of carbonyl (C=O) groups excluding carboxylic acids is 1. The van der Waals surface area contributed by atoms with E-state index in [0.29, 0.717) is 12.0 Å². The predicted molar refractivity (Wildman–Crippen MR) is 78.1 cm³/mol. The molecule has 0 N–H and O–H groups in total. The largest absolute Gasteiger partial charge is 0.381 e. The molecule has 0 aliphatic carbocycles. The first-order valence-corrected chi connectivity index (χ1v) is 8.28. The molecule has 110 valence electrons. The van der Waals surface area contributed by atoms with Crippen molar-refractivity contribution in [3.05, 3.63) is 22.4 Å². The molecular formula is C15H21NO3S. The first-order valence-electron chi connectivity index (χ1n) is 7.34. The Balaban J connectivity index is 1.41. The van der Waals surface area contributed by atoms with Gasteiger partial charge < -0.3 is 14.4 Å². The lowest BCUT2D eigenvalue weighted by molar-refractivity contribution is -0.00792. The van der Waals surface area contributed by atoms with Crippen LogP contribution in [-0.4, -0.2) is 49.8 Å². The molecule has 1 aromatic rings. The van der Waals surface area contributed by atoms with Crippen LogP contribution in [0.2, 0.25) is 0 Å². The van der Waals surface area contributed by atoms with Gasteiger partial charge in [-0.3, -0.25) is 4.79 Å². The van der Waals surface area contributed by atoms with Crippen LogP contribution in [0.1, 0.15) is 29.6 Å². The van der Waals surface area contributed by atoms with Crippen molar-refractivity contribution in [2.24, 2.45) is 5.92 Å². The van der Waals surface area contributed by atoms with E-state index in [4.69, 9.17) is 9.47 Å². The third-order valence-corrected chi connectivity index (χ3v) is 4.77. The van der Waals surface area contributed by atoms with Crippen molar-refractivity contribution in [1.82, 2.24) is 4.90 Å². The Bertz CT molecular complexity index is 420. The Labute approximate surface area is 123 Å². The highest BCUT2D eigenvalue weighted by Crippen LogP contribution is 2.20. The lowest BCUT2D eigenvalue weighted by Gasteiger charge is -2.32. The summed E-state index contributed by atoms with van der Waals surface area (Å²) in [7, 11) is 0. The van der Waals surface area contributed by atoms with Gasteiger partial charge >= 0.3 is 0 Å². The van der Waals surface area contributed by atoms with Crippen LogP contribution in [0.4, 0.5) is 0 Å². The van der Waals surface area contributed by atoms with Gasteiger partial charge in [-0.1, -0.05) is 0 Å². The second kappa shape index (κ2) is 6.70. The molecule has 5 heteroatoms. The van der Waals surface area contributed by atoms with Gasteiger partial charge in [0.1, 0.15) is 0 Å². The van der Waals surface area contributed by atoms with Crippen molar-refractivity contribution in [3.63, 3.8) is 0 Å². The molecule has 1 atom stereocenters. The monoisotopic (exact) mass is 295 g/mol. The van der Waals surface area contributed by atoms with Crippen molar-refractivity contribution in [2.75, 3.05) is 32.9 Å². The van der Waals surface area contributed by atoms with Crippen LogP contribution in [-0.2, 0) is 9.47 Å². The van der Waals surface area contributed by atoms with Crippen molar-refractivity contribution < 1.29 is 14.3 Å². The molecule has 0 radical (unpaired) electrons. The number of amides is 1. The van der Waals surface area contributed by atoms with E-state index in [0.717, 1.165) is 57.7 Å². The minimum absolute atomic E-state index is 0.161. The van der Waals surface area contributed by atoms with E-state index in [1.54, 1.807) is 11.3 Å². The molecule has 0 bridgehead atoms. The second-order valence-corrected chi connectivity index (χ2v) is 6.35. The van der Waals surface area contributed by atoms with Gasteiger partial charge in [-0.25, -0.2) is 0 Å². The van der Waals surface area contributed by atoms with Crippen LogP contribution in [0.3, 0.4) is 0 Å². The summed E-state index contributed by atoms with van der Waals surface area (Å²) in [5, 5.41) is 3.87. The predicted octanol–water partition coefficient (Wildman–Crippen LogP) is 2.41. The maximum atomic E-state index is 12.2. The minimum Gasteiger partial charge on any atom is -0.381 e. The molecule has 2 saturated heterocycles. The molecule has 2 aliphatic rings. The van der Waals surface area contributed by atoms with Crippen molar-refractivity contribution in [2.45, 2.75) is 25.4 Å². The zero-order valence-electron chi connectivity index (χ0n) is 11.6. The highest BCUT2D eigenvalue weighted by molar-refractivity contribution is 7.08. The summed E-state index contributed by atoms with van der Waals surface area (Å²) in [4.78, 5) is 14.2. The number of rotatable bonds is 4. The van der Waals surface area contributed by atoms with Crippen molar-refractivity contribution in [3.8, 4) is 0 Å². The molecule has 20 heavy (non-hydrogen) atoms. The van der Waals surface area contributed by atoms with Gasteiger partial charge in [-0.05, 0) is 30.7 Å². The molecule has 4 nitrogen and oxygen atoms in total. The Morgan fingerprint density at radius 3 is 2.90 bits per heavy atom. The van der Waals surface area contributed by atoms with Gasteiger partial charge in [0.15, 0.2) is 0 Å². The minimum atomic E-state index is 0.161. The summed E-state index contributed by atoms with van der Waals surface area (Å²) in [6, 6.07) is 1.90. The molecule has 3 heterocycles. The first-order chi connectivity index (χ1) is 9.83. The van der Waals surface area contributed by atoms with Crippen LogP contribution in [0, 0.1) is 5.92 Å². The van der Waals surface area contributed by atoms with Crippen LogP contribution in [0.25, 0.3) is 0 Å². The smallest absolute Gasteiger partial charge is 0.254 e. The molecule has 2 fully saturated rings. The van der Waals surface area contributed by atoms with Crippen molar-refractivity contribution in [1.29, 1.82) is 0 Å².